The summed E-state index contributed by atoms with van der Waals surface area (Å²) in [4.78, 5) is 23.4. The zero-order valence-electron chi connectivity index (χ0n) is 15.6. The van der Waals surface area contributed by atoms with Gasteiger partial charge in [-0.15, -0.1) is 13.2 Å². The van der Waals surface area contributed by atoms with Gasteiger partial charge < -0.3 is 20.5 Å². The lowest BCUT2D eigenvalue weighted by molar-refractivity contribution is -0.274. The lowest BCUT2D eigenvalue weighted by Gasteiger charge is -2.14. The predicted molar refractivity (Wildman–Crippen MR) is 103 cm³/mol. The van der Waals surface area contributed by atoms with Gasteiger partial charge in [0.05, 0.1) is 5.69 Å². The molecule has 2 aromatic heterocycles. The van der Waals surface area contributed by atoms with Crippen molar-refractivity contribution < 1.29 is 27.8 Å². The number of benzene rings is 1. The molecule has 0 unspecified atom stereocenters. The number of hydrogen-bond acceptors (Lipinski definition) is 7. The Labute approximate surface area is 168 Å². The average molecular weight is 419 g/mol. The van der Waals surface area contributed by atoms with Crippen molar-refractivity contribution in [2.45, 2.75) is 13.3 Å². The van der Waals surface area contributed by atoms with E-state index < -0.39 is 18.9 Å². The minimum atomic E-state index is -4.78. The summed E-state index contributed by atoms with van der Waals surface area (Å²) in [6.07, 6.45) is -1.60. The number of alkyl halides is 3. The third-order valence-corrected chi connectivity index (χ3v) is 3.78. The molecule has 8 nitrogen and oxygen atoms in total. The Kier molecular flexibility index (Phi) is 6.00. The molecule has 0 aliphatic rings. The Balaban J connectivity index is 1.91. The number of aromatic nitrogens is 3. The van der Waals surface area contributed by atoms with Crippen molar-refractivity contribution in [3.8, 4) is 17.0 Å². The van der Waals surface area contributed by atoms with Gasteiger partial charge in [-0.3, -0.25) is 9.78 Å². The van der Waals surface area contributed by atoms with Crippen LogP contribution in [0.25, 0.3) is 11.3 Å². The van der Waals surface area contributed by atoms with Crippen LogP contribution in [-0.2, 0) is 4.79 Å². The van der Waals surface area contributed by atoms with Crippen LogP contribution in [-0.4, -0.2) is 38.9 Å². The van der Waals surface area contributed by atoms with Crippen molar-refractivity contribution in [1.82, 2.24) is 15.0 Å². The molecule has 3 N–H and O–H groups in total. The van der Waals surface area contributed by atoms with Gasteiger partial charge in [-0.05, 0) is 42.8 Å². The van der Waals surface area contributed by atoms with Crippen molar-refractivity contribution >= 4 is 23.4 Å². The van der Waals surface area contributed by atoms with Crippen molar-refractivity contribution in [3.05, 3.63) is 54.4 Å². The number of carboxylic acid groups (broad SMARTS) is 1. The number of anilines is 3. The molecule has 1 aromatic carbocycles. The fraction of sp³-hybridized carbons (Fsp3) is 0.158. The second-order valence-electron chi connectivity index (χ2n) is 6.10. The summed E-state index contributed by atoms with van der Waals surface area (Å²) < 4.78 is 41.1. The van der Waals surface area contributed by atoms with E-state index in [-0.39, 0.29) is 11.7 Å². The van der Waals surface area contributed by atoms with Gasteiger partial charge in [0.2, 0.25) is 5.95 Å². The molecule has 0 amide bonds. The van der Waals surface area contributed by atoms with Crippen LogP contribution in [0.5, 0.6) is 5.75 Å². The molecule has 0 aliphatic carbocycles. The number of halogens is 3. The van der Waals surface area contributed by atoms with Gasteiger partial charge in [0.15, 0.2) is 0 Å². The SMILES string of the molecule is Cc1cc(OC(F)(F)F)ccc1Nc1cc(-c2cccnc2)nc(NCC(=O)O)n1. The molecule has 0 spiro atoms. The predicted octanol–water partition coefficient (Wildman–Crippen LogP) is 3.99. The summed E-state index contributed by atoms with van der Waals surface area (Å²) in [6, 6.07) is 8.94. The van der Waals surface area contributed by atoms with Crippen LogP contribution in [0.4, 0.5) is 30.6 Å². The molecule has 3 aromatic rings. The first kappa shape index (κ1) is 20.8. The Morgan fingerprint density at radius 3 is 2.63 bits per heavy atom. The maximum atomic E-state index is 12.4. The Morgan fingerprint density at radius 1 is 1.20 bits per heavy atom. The molecule has 0 atom stereocenters. The number of rotatable bonds is 7. The molecule has 30 heavy (non-hydrogen) atoms. The van der Waals surface area contributed by atoms with Gasteiger partial charge in [-0.25, -0.2) is 4.98 Å². The highest BCUT2D eigenvalue weighted by molar-refractivity contribution is 5.73. The molecule has 0 fully saturated rings. The minimum absolute atomic E-state index is 0.0657. The number of nitrogens with zero attached hydrogens (tertiary/aromatic N) is 3. The van der Waals surface area contributed by atoms with Gasteiger partial charge >= 0.3 is 12.3 Å². The third-order valence-electron chi connectivity index (χ3n) is 3.78. The largest absolute Gasteiger partial charge is 0.573 e. The van der Waals surface area contributed by atoms with Crippen LogP contribution in [0.3, 0.4) is 0 Å². The molecule has 0 radical (unpaired) electrons. The quantitative estimate of drug-likeness (QED) is 0.528. The zero-order chi connectivity index (χ0) is 21.7. The fourth-order valence-corrected chi connectivity index (χ4v) is 2.52. The number of pyridine rings is 1. The van der Waals surface area contributed by atoms with Crippen LogP contribution in [0.15, 0.2) is 48.8 Å². The van der Waals surface area contributed by atoms with Crippen molar-refractivity contribution in [2.75, 3.05) is 17.2 Å². The zero-order valence-corrected chi connectivity index (χ0v) is 15.6. The molecule has 0 saturated heterocycles. The molecule has 0 aliphatic heterocycles. The average Bonchev–Trinajstić information content (AvgIpc) is 2.68. The van der Waals surface area contributed by atoms with E-state index in [1.165, 1.54) is 18.2 Å². The summed E-state index contributed by atoms with van der Waals surface area (Å²) in [6.45, 7) is 1.22. The Morgan fingerprint density at radius 2 is 2.00 bits per heavy atom. The minimum Gasteiger partial charge on any atom is -0.480 e. The Hall–Kier alpha value is -3.89. The highest BCUT2D eigenvalue weighted by Gasteiger charge is 2.31. The first-order valence-electron chi connectivity index (χ1n) is 8.58. The van der Waals surface area contributed by atoms with Gasteiger partial charge in [-0.1, -0.05) is 0 Å². The lowest BCUT2D eigenvalue weighted by atomic mass is 10.2. The third kappa shape index (κ3) is 5.80. The van der Waals surface area contributed by atoms with E-state index in [4.69, 9.17) is 5.11 Å². The summed E-state index contributed by atoms with van der Waals surface area (Å²) in [5.74, 6) is -1.05. The van der Waals surface area contributed by atoms with Gasteiger partial charge in [-0.2, -0.15) is 4.98 Å². The summed E-state index contributed by atoms with van der Waals surface area (Å²) in [7, 11) is 0. The standard InChI is InChI=1S/C19H16F3N5O3/c1-11-7-13(30-19(20,21)22)4-5-14(11)25-16-8-15(12-3-2-6-23-9-12)26-18(27-16)24-10-17(28)29/h2-9H,10H2,1H3,(H,28,29)(H2,24,25,26,27). The molecule has 11 heteroatoms. The Bertz CT molecular complexity index is 1050. The molecular formula is C19H16F3N5O3. The van der Waals surface area contributed by atoms with E-state index in [0.29, 0.717) is 28.3 Å². The van der Waals surface area contributed by atoms with Crippen LogP contribution in [0.1, 0.15) is 5.56 Å². The van der Waals surface area contributed by atoms with Crippen LogP contribution in [0.2, 0.25) is 0 Å². The number of aliphatic carboxylic acids is 1. The van der Waals surface area contributed by atoms with E-state index in [0.717, 1.165) is 0 Å². The highest BCUT2D eigenvalue weighted by Crippen LogP contribution is 2.29. The second kappa shape index (κ2) is 8.64. The highest BCUT2D eigenvalue weighted by atomic mass is 19.4. The first-order valence-corrected chi connectivity index (χ1v) is 8.58. The van der Waals surface area contributed by atoms with E-state index in [1.54, 1.807) is 37.5 Å². The normalized spacial score (nSPS) is 11.1. The molecule has 156 valence electrons. The topological polar surface area (TPSA) is 109 Å². The van der Waals surface area contributed by atoms with Crippen molar-refractivity contribution in [1.29, 1.82) is 0 Å². The van der Waals surface area contributed by atoms with Crippen LogP contribution < -0.4 is 15.4 Å². The molecule has 0 bridgehead atoms. The fourth-order valence-electron chi connectivity index (χ4n) is 2.52. The number of carbonyl (C=O) groups is 1. The first-order chi connectivity index (χ1) is 14.2. The van der Waals surface area contributed by atoms with Crippen molar-refractivity contribution in [3.63, 3.8) is 0 Å². The smallest absolute Gasteiger partial charge is 0.480 e. The lowest BCUT2D eigenvalue weighted by Crippen LogP contribution is -2.17. The van der Waals surface area contributed by atoms with E-state index in [1.807, 2.05) is 0 Å². The second-order valence-corrected chi connectivity index (χ2v) is 6.10. The molecule has 3 rings (SSSR count). The number of nitrogens with one attached hydrogen (secondary N) is 2. The maximum Gasteiger partial charge on any atom is 0.573 e. The summed E-state index contributed by atoms with van der Waals surface area (Å²) in [5.41, 5.74) is 2.12. The van der Waals surface area contributed by atoms with Crippen LogP contribution in [0, 0.1) is 6.92 Å². The van der Waals surface area contributed by atoms with E-state index in [2.05, 4.69) is 30.3 Å². The molecular weight excluding hydrogens is 403 g/mol. The van der Waals surface area contributed by atoms with Crippen molar-refractivity contribution in [2.24, 2.45) is 0 Å². The summed E-state index contributed by atoms with van der Waals surface area (Å²) >= 11 is 0. The van der Waals surface area contributed by atoms with E-state index >= 15 is 0 Å². The monoisotopic (exact) mass is 419 g/mol. The van der Waals surface area contributed by atoms with E-state index in [9.17, 15) is 18.0 Å². The number of carboxylic acids is 1. The van der Waals surface area contributed by atoms with Gasteiger partial charge in [0.25, 0.3) is 0 Å². The van der Waals surface area contributed by atoms with Crippen LogP contribution >= 0.6 is 0 Å². The molecule has 2 heterocycles. The van der Waals surface area contributed by atoms with Gasteiger partial charge in [0, 0.05) is 29.7 Å². The number of aryl methyl sites for hydroxylation is 1. The maximum absolute atomic E-state index is 12.4. The number of hydrogen-bond donors (Lipinski definition) is 3. The number of ether oxygens (including phenoxy) is 1. The van der Waals surface area contributed by atoms with Gasteiger partial charge in [0.1, 0.15) is 18.1 Å². The molecule has 0 saturated carbocycles. The summed E-state index contributed by atoms with van der Waals surface area (Å²) in [5, 5.41) is 14.5.